The van der Waals surface area contributed by atoms with Crippen LogP contribution in [0.2, 0.25) is 0 Å². The van der Waals surface area contributed by atoms with E-state index in [1.165, 1.54) is 4.90 Å². The highest BCUT2D eigenvalue weighted by molar-refractivity contribution is 6.24. The number of likely N-dealkylation sites (N-methyl/N-ethyl adjacent to an activating group) is 1. The predicted octanol–water partition coefficient (Wildman–Crippen LogP) is -0.577. The first-order valence-electron chi connectivity index (χ1n) is 10.1. The van der Waals surface area contributed by atoms with Gasteiger partial charge in [-0.2, -0.15) is 0 Å². The highest BCUT2D eigenvalue weighted by atomic mass is 16.3. The Bertz CT molecular complexity index is 1140. The topological polar surface area (TPSA) is 187 Å². The van der Waals surface area contributed by atoms with Crippen LogP contribution < -0.4 is 11.5 Å². The standard InChI is InChI=1S/C22H25N3O7/c1-25(2)15-11-6-10-5-8-3-4-9(7-23)16(26)12(8)17(27)13(10)19(29)22(11,32)20(30)14(18(15)28)21(24)31/h3-4,10-11,15,26-27,30,32H,5-7,23H2,1-2H3,(H2,24,31)/t10?,11?,15-,22-/m0/s1. The Morgan fingerprint density at radius 1 is 1.22 bits per heavy atom. The van der Waals surface area contributed by atoms with Gasteiger partial charge in [0.15, 0.2) is 11.4 Å². The number of benzene rings is 1. The molecule has 8 N–H and O–H groups in total. The van der Waals surface area contributed by atoms with Gasteiger partial charge in [-0.1, -0.05) is 12.1 Å². The first-order chi connectivity index (χ1) is 15.0. The molecule has 170 valence electrons. The van der Waals surface area contributed by atoms with Crippen molar-refractivity contribution in [2.45, 2.75) is 31.0 Å². The second-order valence-electron chi connectivity index (χ2n) is 8.77. The third-order valence-corrected chi connectivity index (χ3v) is 6.90. The fraction of sp³-hybridized carbons (Fsp3) is 0.409. The normalized spacial score (nSPS) is 29.7. The minimum absolute atomic E-state index is 0.00321. The number of hydrogen-bond acceptors (Lipinski definition) is 9. The molecule has 3 aliphatic carbocycles. The van der Waals surface area contributed by atoms with Gasteiger partial charge >= 0.3 is 0 Å². The fourth-order valence-corrected chi connectivity index (χ4v) is 5.43. The van der Waals surface area contributed by atoms with E-state index in [1.54, 1.807) is 26.2 Å². The van der Waals surface area contributed by atoms with Crippen LogP contribution in [-0.2, 0) is 27.3 Å². The SMILES string of the molecule is CN(C)[C@@H]1C(=O)C(C(N)=O)=C(O)[C@@]2(O)C(=O)C3=C(O)c4c(ccc(CN)c4O)CC3CC12. The first kappa shape index (κ1) is 22.0. The van der Waals surface area contributed by atoms with E-state index in [2.05, 4.69) is 0 Å². The lowest BCUT2D eigenvalue weighted by atomic mass is 9.57. The average molecular weight is 443 g/mol. The Hall–Kier alpha value is -3.21. The molecule has 4 rings (SSSR count). The Morgan fingerprint density at radius 3 is 2.44 bits per heavy atom. The second-order valence-corrected chi connectivity index (χ2v) is 8.77. The zero-order chi connectivity index (χ0) is 23.7. The number of fused-ring (bicyclic) bond motifs is 3. The van der Waals surface area contributed by atoms with Crippen LogP contribution in [0.3, 0.4) is 0 Å². The number of hydrogen-bond donors (Lipinski definition) is 6. The van der Waals surface area contributed by atoms with Crippen LogP contribution in [0, 0.1) is 11.8 Å². The quantitative estimate of drug-likeness (QED) is 0.332. The van der Waals surface area contributed by atoms with Crippen LogP contribution in [0.4, 0.5) is 0 Å². The van der Waals surface area contributed by atoms with E-state index in [1.807, 2.05) is 0 Å². The fourth-order valence-electron chi connectivity index (χ4n) is 5.43. The Morgan fingerprint density at radius 2 is 1.88 bits per heavy atom. The summed E-state index contributed by atoms with van der Waals surface area (Å²) in [7, 11) is 3.11. The van der Waals surface area contributed by atoms with Gasteiger partial charge in [0.25, 0.3) is 5.91 Å². The van der Waals surface area contributed by atoms with Gasteiger partial charge in [0.2, 0.25) is 5.78 Å². The number of phenolic OH excluding ortho intramolecular Hbond substituents is 1. The molecule has 1 aromatic rings. The van der Waals surface area contributed by atoms with Crippen LogP contribution in [0.5, 0.6) is 5.75 Å². The first-order valence-corrected chi connectivity index (χ1v) is 10.1. The molecule has 3 aliphatic rings. The number of Topliss-reactive ketones (excluding diaryl/α,β-unsaturated/α-hetero) is 2. The third kappa shape index (κ3) is 2.66. The molecular formula is C22H25N3O7. The van der Waals surface area contributed by atoms with Gasteiger partial charge in [0.1, 0.15) is 22.8 Å². The predicted molar refractivity (Wildman–Crippen MR) is 112 cm³/mol. The van der Waals surface area contributed by atoms with E-state index in [-0.39, 0.29) is 36.3 Å². The van der Waals surface area contributed by atoms with Crippen molar-refractivity contribution >= 4 is 23.2 Å². The number of aliphatic hydroxyl groups excluding tert-OH is 2. The molecule has 1 fully saturated rings. The van der Waals surface area contributed by atoms with Gasteiger partial charge in [0.05, 0.1) is 11.6 Å². The Labute approximate surface area is 183 Å². The van der Waals surface area contributed by atoms with Gasteiger partial charge < -0.3 is 31.9 Å². The number of phenols is 1. The molecule has 0 aliphatic heterocycles. The lowest BCUT2D eigenvalue weighted by Crippen LogP contribution is -2.65. The van der Waals surface area contributed by atoms with Gasteiger partial charge in [-0.3, -0.25) is 19.3 Å². The van der Waals surface area contributed by atoms with E-state index in [9.17, 15) is 34.8 Å². The molecule has 32 heavy (non-hydrogen) atoms. The summed E-state index contributed by atoms with van der Waals surface area (Å²) in [6.07, 6.45) is 0.318. The molecule has 0 saturated heterocycles. The summed E-state index contributed by atoms with van der Waals surface area (Å²) in [4.78, 5) is 40.0. The number of aliphatic hydroxyl groups is 3. The molecule has 1 aromatic carbocycles. The molecule has 4 atom stereocenters. The van der Waals surface area contributed by atoms with Crippen molar-refractivity contribution in [1.82, 2.24) is 4.90 Å². The summed E-state index contributed by atoms with van der Waals surface area (Å²) in [5.41, 5.74) is 8.27. The number of amides is 1. The highest BCUT2D eigenvalue weighted by Crippen LogP contribution is 2.52. The molecule has 10 heteroatoms. The smallest absolute Gasteiger partial charge is 0.255 e. The lowest BCUT2D eigenvalue weighted by Gasteiger charge is -2.50. The summed E-state index contributed by atoms with van der Waals surface area (Å²) in [5, 5.41) is 43.8. The van der Waals surface area contributed by atoms with Gasteiger partial charge in [-0.05, 0) is 38.4 Å². The maximum Gasteiger partial charge on any atom is 0.255 e. The van der Waals surface area contributed by atoms with Crippen LogP contribution in [0.15, 0.2) is 29.0 Å². The third-order valence-electron chi connectivity index (χ3n) is 6.90. The van der Waals surface area contributed by atoms with Crippen LogP contribution in [-0.4, -0.2) is 68.5 Å². The number of nitrogens with two attached hydrogens (primary N) is 2. The second kappa shape index (κ2) is 7.16. The number of primary amides is 1. The minimum atomic E-state index is -2.63. The number of aromatic hydroxyl groups is 1. The molecule has 0 radical (unpaired) electrons. The zero-order valence-electron chi connectivity index (χ0n) is 17.6. The van der Waals surface area contributed by atoms with Crippen molar-refractivity contribution in [1.29, 1.82) is 0 Å². The summed E-state index contributed by atoms with van der Waals surface area (Å²) >= 11 is 0. The van der Waals surface area contributed by atoms with Gasteiger partial charge in [-0.15, -0.1) is 0 Å². The maximum absolute atomic E-state index is 13.6. The van der Waals surface area contributed by atoms with Gasteiger partial charge in [-0.25, -0.2) is 0 Å². The number of nitrogens with zero attached hydrogens (tertiary/aromatic N) is 1. The summed E-state index contributed by atoms with van der Waals surface area (Å²) < 4.78 is 0. The number of carbonyl (C=O) groups excluding carboxylic acids is 3. The van der Waals surface area contributed by atoms with Crippen molar-refractivity contribution in [3.63, 3.8) is 0 Å². The summed E-state index contributed by atoms with van der Waals surface area (Å²) in [6, 6.07) is 2.24. The highest BCUT2D eigenvalue weighted by Gasteiger charge is 2.64. The molecule has 0 heterocycles. The van der Waals surface area contributed by atoms with Gasteiger partial charge in [0, 0.05) is 23.6 Å². The van der Waals surface area contributed by atoms with E-state index >= 15 is 0 Å². The molecule has 1 saturated carbocycles. The van der Waals surface area contributed by atoms with Crippen molar-refractivity contribution in [2.24, 2.45) is 23.3 Å². The zero-order valence-corrected chi connectivity index (χ0v) is 17.6. The summed E-state index contributed by atoms with van der Waals surface area (Å²) in [5.74, 6) is -6.63. The Balaban J connectivity index is 1.97. The Kier molecular flexibility index (Phi) is 4.92. The maximum atomic E-state index is 13.6. The molecule has 1 amide bonds. The average Bonchev–Trinajstić information content (AvgIpc) is 2.70. The van der Waals surface area contributed by atoms with Crippen LogP contribution in [0.1, 0.15) is 23.1 Å². The molecule has 0 aromatic heterocycles. The largest absolute Gasteiger partial charge is 0.508 e. The van der Waals surface area contributed by atoms with Crippen molar-refractivity contribution < 1.29 is 34.8 Å². The number of rotatable bonds is 3. The minimum Gasteiger partial charge on any atom is -0.508 e. The van der Waals surface area contributed by atoms with E-state index in [4.69, 9.17) is 11.5 Å². The molecule has 10 nitrogen and oxygen atoms in total. The van der Waals surface area contributed by atoms with Crippen molar-refractivity contribution in [2.75, 3.05) is 14.1 Å². The lowest BCUT2D eigenvalue weighted by molar-refractivity contribution is -0.153. The van der Waals surface area contributed by atoms with E-state index in [0.717, 1.165) is 0 Å². The summed E-state index contributed by atoms with van der Waals surface area (Å²) in [6.45, 7) is 0.00321. The van der Waals surface area contributed by atoms with Crippen molar-refractivity contribution in [3.05, 3.63) is 45.7 Å². The molecule has 0 spiro atoms. The molecule has 0 bridgehead atoms. The molecule has 2 unspecified atom stereocenters. The van der Waals surface area contributed by atoms with Crippen molar-refractivity contribution in [3.8, 4) is 5.75 Å². The number of ketones is 2. The molecular weight excluding hydrogens is 418 g/mol. The monoisotopic (exact) mass is 443 g/mol. The van der Waals surface area contributed by atoms with E-state index < -0.39 is 58.0 Å². The number of carbonyl (C=O) groups is 3. The van der Waals surface area contributed by atoms with E-state index in [0.29, 0.717) is 11.1 Å². The van der Waals surface area contributed by atoms with Crippen LogP contribution >= 0.6 is 0 Å². The van der Waals surface area contributed by atoms with Crippen LogP contribution in [0.25, 0.3) is 5.76 Å².